The van der Waals surface area contributed by atoms with Crippen LogP contribution in [0.5, 0.6) is 11.5 Å². The maximum atomic E-state index is 14.6. The fourth-order valence-electron chi connectivity index (χ4n) is 11.7. The average molecular weight is 1100 g/mol. The molecule has 4 atom stereocenters. The number of hydrogen-bond acceptors (Lipinski definition) is 11. The van der Waals surface area contributed by atoms with Gasteiger partial charge in [0.15, 0.2) is 0 Å². The number of anilines is 1. The number of carbonyl (C=O) groups excluding carboxylic acids is 4. The summed E-state index contributed by atoms with van der Waals surface area (Å²) in [7, 11) is 0. The first-order valence-electron chi connectivity index (χ1n) is 28.4. The highest BCUT2D eigenvalue weighted by Gasteiger charge is 2.45. The van der Waals surface area contributed by atoms with Crippen molar-refractivity contribution in [3.63, 3.8) is 0 Å². The number of pyridine rings is 1. The van der Waals surface area contributed by atoms with Crippen LogP contribution in [0.1, 0.15) is 133 Å². The summed E-state index contributed by atoms with van der Waals surface area (Å²) in [5.41, 5.74) is 12.5. The van der Waals surface area contributed by atoms with E-state index in [0.717, 1.165) is 98.9 Å². The second-order valence-electron chi connectivity index (χ2n) is 22.3. The molecule has 9 rings (SSSR count). The SMILES string of the molecule is CCN(c1cc(-c2ccc(OCCCCOc3ccc4c(c3)C(=O)N([C@H](C(=O)N3C[C@H](C)C[C@H]3C(=O)N[C@@H](C)c3ccc(-c5scnc5C)cc3)C(C)C)C4)cc2)cc(C(=O)NCc2c(C)cc(C)[nH]c2=O)c1C)C1CCOCC1. The van der Waals surface area contributed by atoms with Crippen molar-refractivity contribution in [2.75, 3.05) is 44.4 Å². The van der Waals surface area contributed by atoms with Crippen molar-refractivity contribution in [1.29, 1.82) is 0 Å². The predicted octanol–water partition coefficient (Wildman–Crippen LogP) is 10.7. The molecule has 3 aliphatic heterocycles. The van der Waals surface area contributed by atoms with E-state index in [9.17, 15) is 24.0 Å². The van der Waals surface area contributed by atoms with E-state index in [0.29, 0.717) is 68.4 Å². The van der Waals surface area contributed by atoms with Crippen molar-refractivity contribution in [1.82, 2.24) is 30.4 Å². The van der Waals surface area contributed by atoms with Crippen LogP contribution in [0.2, 0.25) is 0 Å². The van der Waals surface area contributed by atoms with Gasteiger partial charge in [0, 0.05) is 73.5 Å². The fraction of sp³-hybridized carbons (Fsp3) is 0.438. The molecule has 0 radical (unpaired) electrons. The number of H-pyrrole nitrogens is 1. The molecule has 2 fully saturated rings. The van der Waals surface area contributed by atoms with Gasteiger partial charge in [-0.15, -0.1) is 11.3 Å². The molecule has 0 aliphatic carbocycles. The minimum Gasteiger partial charge on any atom is -0.494 e. The Morgan fingerprint density at radius 2 is 1.55 bits per heavy atom. The quantitative estimate of drug-likeness (QED) is 0.0588. The molecule has 0 bridgehead atoms. The molecule has 0 saturated carbocycles. The fourth-order valence-corrected chi connectivity index (χ4v) is 12.5. The molecule has 0 unspecified atom stereocenters. The Bertz CT molecular complexity index is 3260. The lowest BCUT2D eigenvalue weighted by Gasteiger charge is -2.37. The third-order valence-electron chi connectivity index (χ3n) is 16.1. The zero-order valence-corrected chi connectivity index (χ0v) is 48.6. The Hall–Kier alpha value is -7.30. The number of unbranched alkanes of at least 4 members (excludes halogenated alkanes) is 1. The highest BCUT2D eigenvalue weighted by atomic mass is 32.1. The van der Waals surface area contributed by atoms with Crippen LogP contribution in [0, 0.1) is 39.5 Å². The Morgan fingerprint density at radius 3 is 2.21 bits per heavy atom. The number of carbonyl (C=O) groups is 4. The van der Waals surface area contributed by atoms with E-state index >= 15 is 0 Å². The van der Waals surface area contributed by atoms with E-state index in [2.05, 4.69) is 57.5 Å². The molecule has 2 saturated heterocycles. The molecular weight excluding hydrogens is 1030 g/mol. The number of fused-ring (bicyclic) bond motifs is 1. The van der Waals surface area contributed by atoms with Crippen LogP contribution in [-0.4, -0.2) is 101 Å². The summed E-state index contributed by atoms with van der Waals surface area (Å²) in [4.78, 5) is 83.7. The predicted molar refractivity (Wildman–Crippen MR) is 314 cm³/mol. The second-order valence-corrected chi connectivity index (χ2v) is 23.1. The van der Waals surface area contributed by atoms with Crippen molar-refractivity contribution in [3.05, 3.63) is 151 Å². The molecule has 3 aliphatic rings. The number of hydrogen-bond donors (Lipinski definition) is 3. The molecular formula is C64H77N7O8S. The molecule has 80 heavy (non-hydrogen) atoms. The Morgan fingerprint density at radius 1 is 0.863 bits per heavy atom. The van der Waals surface area contributed by atoms with E-state index in [4.69, 9.17) is 14.2 Å². The van der Waals surface area contributed by atoms with E-state index in [1.807, 2.05) is 115 Å². The van der Waals surface area contributed by atoms with Gasteiger partial charge < -0.3 is 44.5 Å². The first-order chi connectivity index (χ1) is 38.5. The summed E-state index contributed by atoms with van der Waals surface area (Å²) in [6, 6.07) is 26.3. The molecule has 4 aromatic carbocycles. The smallest absolute Gasteiger partial charge is 0.255 e. The van der Waals surface area contributed by atoms with E-state index < -0.39 is 12.1 Å². The van der Waals surface area contributed by atoms with Crippen molar-refractivity contribution in [2.24, 2.45) is 11.8 Å². The van der Waals surface area contributed by atoms with Crippen LogP contribution >= 0.6 is 11.3 Å². The van der Waals surface area contributed by atoms with E-state index in [-0.39, 0.29) is 59.7 Å². The molecule has 5 heterocycles. The number of rotatable bonds is 21. The minimum atomic E-state index is -0.744. The summed E-state index contributed by atoms with van der Waals surface area (Å²) in [5.74, 6) is 0.382. The summed E-state index contributed by atoms with van der Waals surface area (Å²) < 4.78 is 18.1. The Labute approximate surface area is 474 Å². The Kier molecular flexibility index (Phi) is 18.2. The van der Waals surface area contributed by atoms with Crippen LogP contribution in [0.25, 0.3) is 21.6 Å². The number of benzene rings is 4. The first kappa shape index (κ1) is 57.4. The lowest BCUT2D eigenvalue weighted by atomic mass is 9.95. The highest BCUT2D eigenvalue weighted by Crippen LogP contribution is 2.37. The van der Waals surface area contributed by atoms with Gasteiger partial charge in [-0.2, -0.15) is 0 Å². The zero-order valence-electron chi connectivity index (χ0n) is 47.8. The molecule has 422 valence electrons. The number of amides is 4. The summed E-state index contributed by atoms with van der Waals surface area (Å²) in [5, 5.41) is 6.22. The molecule has 15 nitrogen and oxygen atoms in total. The van der Waals surface area contributed by atoms with Crippen molar-refractivity contribution < 1.29 is 33.4 Å². The third kappa shape index (κ3) is 12.8. The number of ether oxygens (including phenoxy) is 3. The topological polar surface area (TPSA) is 176 Å². The zero-order chi connectivity index (χ0) is 56.8. The molecule has 16 heteroatoms. The van der Waals surface area contributed by atoms with Crippen LogP contribution < -0.4 is 30.6 Å². The summed E-state index contributed by atoms with van der Waals surface area (Å²) >= 11 is 1.60. The van der Waals surface area contributed by atoms with Crippen LogP contribution in [-0.2, 0) is 27.4 Å². The van der Waals surface area contributed by atoms with Gasteiger partial charge in [-0.3, -0.25) is 24.0 Å². The number of thiazole rings is 1. The maximum absolute atomic E-state index is 14.6. The monoisotopic (exact) mass is 1100 g/mol. The van der Waals surface area contributed by atoms with Crippen LogP contribution in [0.3, 0.4) is 0 Å². The summed E-state index contributed by atoms with van der Waals surface area (Å²) in [6.07, 6.45) is 3.81. The maximum Gasteiger partial charge on any atom is 0.255 e. The van der Waals surface area contributed by atoms with Crippen molar-refractivity contribution in [3.8, 4) is 33.1 Å². The van der Waals surface area contributed by atoms with Crippen molar-refractivity contribution >= 4 is 40.7 Å². The normalized spacial score (nSPS) is 17.1. The average Bonchev–Trinajstić information content (AvgIpc) is 4.20. The molecule has 3 N–H and O–H groups in total. The largest absolute Gasteiger partial charge is 0.494 e. The lowest BCUT2D eigenvalue weighted by molar-refractivity contribution is -0.143. The van der Waals surface area contributed by atoms with Crippen LogP contribution in [0.15, 0.2) is 95.2 Å². The molecule has 2 aromatic heterocycles. The number of aromatic nitrogens is 2. The van der Waals surface area contributed by atoms with Crippen LogP contribution in [0.4, 0.5) is 5.69 Å². The number of likely N-dealkylation sites (tertiary alicyclic amines) is 1. The molecule has 6 aromatic rings. The standard InChI is InChI=1S/C64H77N7O8S/c1-10-69(50-23-27-77-28-24-50)56-32-49(31-53(42(56)7)60(72)65-34-55-40(5)30-41(6)67-61(55)73)46-17-20-51(21-18-46)78-25-11-12-26-79-52-22-19-48-36-71(63(75)54(48)33-52)58(38(2)3)64(76)70-35-39(4)29-57(70)62(74)68-43(8)45-13-15-47(16-14-45)59-44(9)66-37-80-59/h13-22,30-33,37-39,43,50,57-58H,10-12,23-29,34-36H2,1-9H3,(H,65,72)(H,67,73)(H,68,74)/t39-,43+,57+,58+/m1/s1. The van der Waals surface area contributed by atoms with Gasteiger partial charge in [0.1, 0.15) is 23.6 Å². The number of aryl methyl sites for hydroxylation is 3. The van der Waals surface area contributed by atoms with Gasteiger partial charge in [0.05, 0.1) is 35.3 Å². The molecule has 0 spiro atoms. The lowest BCUT2D eigenvalue weighted by Crippen LogP contribution is -2.55. The van der Waals surface area contributed by atoms with Gasteiger partial charge in [0.25, 0.3) is 17.4 Å². The number of nitrogens with zero attached hydrogens (tertiary/aromatic N) is 4. The van der Waals surface area contributed by atoms with Gasteiger partial charge in [0.2, 0.25) is 11.8 Å². The second kappa shape index (κ2) is 25.4. The first-order valence-corrected chi connectivity index (χ1v) is 29.2. The Balaban J connectivity index is 0.779. The summed E-state index contributed by atoms with van der Waals surface area (Å²) in [6.45, 7) is 21.7. The van der Waals surface area contributed by atoms with Gasteiger partial charge in [-0.05, 0) is 167 Å². The van der Waals surface area contributed by atoms with Crippen molar-refractivity contribution in [2.45, 2.75) is 132 Å². The molecule has 4 amide bonds. The highest BCUT2D eigenvalue weighted by molar-refractivity contribution is 7.13. The number of nitrogens with one attached hydrogen (secondary N) is 3. The third-order valence-corrected chi connectivity index (χ3v) is 17.1. The van der Waals surface area contributed by atoms with Gasteiger partial charge in [-0.1, -0.05) is 63.2 Å². The number of aromatic amines is 1. The van der Waals surface area contributed by atoms with E-state index in [1.165, 1.54) is 0 Å². The van der Waals surface area contributed by atoms with E-state index in [1.54, 1.807) is 27.2 Å². The van der Waals surface area contributed by atoms with Gasteiger partial charge >= 0.3 is 0 Å². The van der Waals surface area contributed by atoms with Gasteiger partial charge in [-0.25, -0.2) is 4.98 Å². The minimum absolute atomic E-state index is 0.115.